The molecule has 0 bridgehead atoms. The van der Waals surface area contributed by atoms with Crippen LogP contribution in [0.15, 0.2) is 30.6 Å². The Morgan fingerprint density at radius 1 is 1.35 bits per heavy atom. The Hall–Kier alpha value is -3.22. The summed E-state index contributed by atoms with van der Waals surface area (Å²) < 4.78 is 1.79. The molecule has 0 unspecified atom stereocenters. The second-order valence-corrected chi connectivity index (χ2v) is 5.45. The van der Waals surface area contributed by atoms with Crippen LogP contribution in [-0.2, 0) is 7.05 Å². The van der Waals surface area contributed by atoms with Gasteiger partial charge in [0, 0.05) is 18.6 Å². The van der Waals surface area contributed by atoms with E-state index in [1.54, 1.807) is 10.9 Å². The number of nitrogens with zero attached hydrogens (tertiary/aromatic N) is 4. The minimum atomic E-state index is -1.04. The SMILES string of the molecule is Cc1ccc2c(-c3cnc4[nH]cc(C(=O)O)c4n3)nn(C)c2c1. The molecule has 7 nitrogen and oxygen atoms in total. The number of benzene rings is 1. The molecule has 0 saturated carbocycles. The first-order valence-electron chi connectivity index (χ1n) is 7.06. The van der Waals surface area contributed by atoms with E-state index < -0.39 is 5.97 Å². The maximum atomic E-state index is 11.3. The zero-order valence-electron chi connectivity index (χ0n) is 12.5. The van der Waals surface area contributed by atoms with Crippen LogP contribution in [-0.4, -0.2) is 35.8 Å². The van der Waals surface area contributed by atoms with Gasteiger partial charge in [0.15, 0.2) is 5.65 Å². The molecule has 0 fully saturated rings. The molecule has 3 aromatic heterocycles. The zero-order chi connectivity index (χ0) is 16.1. The molecule has 0 aliphatic carbocycles. The van der Waals surface area contributed by atoms with Gasteiger partial charge in [0.25, 0.3) is 0 Å². The Balaban J connectivity index is 1.99. The van der Waals surface area contributed by atoms with Crippen LogP contribution in [0.2, 0.25) is 0 Å². The van der Waals surface area contributed by atoms with Crippen molar-refractivity contribution in [1.82, 2.24) is 24.7 Å². The second-order valence-electron chi connectivity index (χ2n) is 5.45. The van der Waals surface area contributed by atoms with E-state index in [1.807, 2.05) is 26.1 Å². The lowest BCUT2D eigenvalue weighted by Crippen LogP contribution is -1.97. The quantitative estimate of drug-likeness (QED) is 0.593. The monoisotopic (exact) mass is 307 g/mol. The molecule has 0 aliphatic heterocycles. The number of aryl methyl sites for hydroxylation is 2. The van der Waals surface area contributed by atoms with E-state index in [0.717, 1.165) is 16.5 Å². The van der Waals surface area contributed by atoms with Gasteiger partial charge in [-0.3, -0.25) is 4.68 Å². The Morgan fingerprint density at radius 2 is 2.17 bits per heavy atom. The molecule has 4 aromatic rings. The molecule has 2 N–H and O–H groups in total. The van der Waals surface area contributed by atoms with Crippen molar-refractivity contribution < 1.29 is 9.90 Å². The molecule has 23 heavy (non-hydrogen) atoms. The summed E-state index contributed by atoms with van der Waals surface area (Å²) in [7, 11) is 1.87. The molecule has 1 aromatic carbocycles. The average Bonchev–Trinajstić information content (AvgIpc) is 3.08. The first kappa shape index (κ1) is 13.4. The fraction of sp³-hybridized carbons (Fsp3) is 0.125. The fourth-order valence-corrected chi connectivity index (χ4v) is 2.73. The Kier molecular flexibility index (Phi) is 2.71. The van der Waals surface area contributed by atoms with Gasteiger partial charge in [-0.2, -0.15) is 5.10 Å². The minimum absolute atomic E-state index is 0.102. The standard InChI is InChI=1S/C16H13N5O2/c1-8-3-4-9-12(5-8)21(2)20-13(9)11-7-18-15-14(19-11)10(6-17-15)16(22)23/h3-7H,1-2H3,(H,17,18)(H,22,23). The number of carboxylic acids is 1. The van der Waals surface area contributed by atoms with E-state index >= 15 is 0 Å². The molecule has 3 heterocycles. The maximum Gasteiger partial charge on any atom is 0.339 e. The Bertz CT molecular complexity index is 1080. The second kappa shape index (κ2) is 4.64. The Labute approximate surface area is 130 Å². The molecule has 0 atom stereocenters. The first-order valence-corrected chi connectivity index (χ1v) is 7.06. The molecule has 114 valence electrons. The van der Waals surface area contributed by atoms with Crippen LogP contribution in [0, 0.1) is 6.92 Å². The highest BCUT2D eigenvalue weighted by Crippen LogP contribution is 2.28. The van der Waals surface area contributed by atoms with Crippen molar-refractivity contribution in [3.8, 4) is 11.4 Å². The van der Waals surface area contributed by atoms with Gasteiger partial charge >= 0.3 is 5.97 Å². The summed E-state index contributed by atoms with van der Waals surface area (Å²) in [4.78, 5) is 22.8. The lowest BCUT2D eigenvalue weighted by Gasteiger charge is -1.99. The van der Waals surface area contributed by atoms with Gasteiger partial charge in [-0.1, -0.05) is 12.1 Å². The van der Waals surface area contributed by atoms with Crippen molar-refractivity contribution in [2.24, 2.45) is 7.05 Å². The van der Waals surface area contributed by atoms with Crippen LogP contribution in [0.5, 0.6) is 0 Å². The zero-order valence-corrected chi connectivity index (χ0v) is 12.5. The van der Waals surface area contributed by atoms with E-state index in [0.29, 0.717) is 22.6 Å². The molecule has 0 amide bonds. The summed E-state index contributed by atoms with van der Waals surface area (Å²) in [6.07, 6.45) is 3.00. The highest BCUT2D eigenvalue weighted by atomic mass is 16.4. The molecular weight excluding hydrogens is 294 g/mol. The van der Waals surface area contributed by atoms with Crippen LogP contribution in [0.25, 0.3) is 33.5 Å². The summed E-state index contributed by atoms with van der Waals surface area (Å²) in [5.74, 6) is -1.04. The number of carboxylic acid groups (broad SMARTS) is 1. The number of aromatic amines is 1. The van der Waals surface area contributed by atoms with Gasteiger partial charge in [0.1, 0.15) is 22.5 Å². The molecule has 0 aliphatic rings. The molecule has 0 saturated heterocycles. The van der Waals surface area contributed by atoms with E-state index in [4.69, 9.17) is 0 Å². The van der Waals surface area contributed by atoms with Crippen molar-refractivity contribution >= 4 is 28.0 Å². The van der Waals surface area contributed by atoms with Gasteiger partial charge in [-0.15, -0.1) is 0 Å². The topological polar surface area (TPSA) is 96.7 Å². The van der Waals surface area contributed by atoms with Crippen molar-refractivity contribution in [2.75, 3.05) is 0 Å². The van der Waals surface area contributed by atoms with Gasteiger partial charge in [0.05, 0.1) is 11.7 Å². The van der Waals surface area contributed by atoms with Gasteiger partial charge in [0.2, 0.25) is 0 Å². The van der Waals surface area contributed by atoms with Crippen molar-refractivity contribution in [3.63, 3.8) is 0 Å². The average molecular weight is 307 g/mol. The summed E-state index contributed by atoms with van der Waals surface area (Å²) in [5.41, 5.74) is 4.26. The Morgan fingerprint density at radius 3 is 2.96 bits per heavy atom. The number of fused-ring (bicyclic) bond motifs is 2. The number of carbonyl (C=O) groups is 1. The number of aromatic nitrogens is 5. The largest absolute Gasteiger partial charge is 0.478 e. The number of H-pyrrole nitrogens is 1. The summed E-state index contributed by atoms with van der Waals surface area (Å²) >= 11 is 0. The normalized spacial score (nSPS) is 11.4. The molecule has 0 spiro atoms. The van der Waals surface area contributed by atoms with Gasteiger partial charge < -0.3 is 10.1 Å². The third-order valence-corrected chi connectivity index (χ3v) is 3.86. The van der Waals surface area contributed by atoms with Crippen LogP contribution < -0.4 is 0 Å². The highest BCUT2D eigenvalue weighted by molar-refractivity contribution is 6.01. The molecule has 4 rings (SSSR count). The minimum Gasteiger partial charge on any atom is -0.478 e. The van der Waals surface area contributed by atoms with Gasteiger partial charge in [-0.25, -0.2) is 14.8 Å². The van der Waals surface area contributed by atoms with E-state index in [9.17, 15) is 9.90 Å². The number of aromatic carboxylic acids is 1. The van der Waals surface area contributed by atoms with E-state index in [-0.39, 0.29) is 5.56 Å². The maximum absolute atomic E-state index is 11.3. The van der Waals surface area contributed by atoms with Crippen molar-refractivity contribution in [1.29, 1.82) is 0 Å². The molecule has 0 radical (unpaired) electrons. The van der Waals surface area contributed by atoms with Crippen LogP contribution in [0.1, 0.15) is 15.9 Å². The number of nitrogens with one attached hydrogen (secondary N) is 1. The molecular formula is C16H13N5O2. The lowest BCUT2D eigenvalue weighted by atomic mass is 10.1. The van der Waals surface area contributed by atoms with Crippen LogP contribution in [0.4, 0.5) is 0 Å². The van der Waals surface area contributed by atoms with Crippen molar-refractivity contribution in [3.05, 3.63) is 41.7 Å². The van der Waals surface area contributed by atoms with E-state index in [1.165, 1.54) is 6.20 Å². The first-order chi connectivity index (χ1) is 11.0. The van der Waals surface area contributed by atoms with Crippen LogP contribution >= 0.6 is 0 Å². The lowest BCUT2D eigenvalue weighted by molar-refractivity contribution is 0.0699. The smallest absolute Gasteiger partial charge is 0.339 e. The van der Waals surface area contributed by atoms with Crippen molar-refractivity contribution in [2.45, 2.75) is 6.92 Å². The van der Waals surface area contributed by atoms with Gasteiger partial charge in [-0.05, 0) is 18.6 Å². The van der Waals surface area contributed by atoms with Crippen LogP contribution in [0.3, 0.4) is 0 Å². The summed E-state index contributed by atoms with van der Waals surface area (Å²) in [6.45, 7) is 2.02. The predicted molar refractivity (Wildman–Crippen MR) is 85.3 cm³/mol. The number of hydrogen-bond acceptors (Lipinski definition) is 4. The third kappa shape index (κ3) is 1.97. The predicted octanol–water partition coefficient (Wildman–Crippen LogP) is 2.52. The summed E-state index contributed by atoms with van der Waals surface area (Å²) in [5, 5.41) is 14.7. The fourth-order valence-electron chi connectivity index (χ4n) is 2.73. The third-order valence-electron chi connectivity index (χ3n) is 3.86. The highest BCUT2D eigenvalue weighted by Gasteiger charge is 2.17. The summed E-state index contributed by atoms with van der Waals surface area (Å²) in [6, 6.07) is 6.06. The number of rotatable bonds is 2. The molecule has 7 heteroatoms. The van der Waals surface area contributed by atoms with E-state index in [2.05, 4.69) is 26.1 Å². The number of hydrogen-bond donors (Lipinski definition) is 2.